The Morgan fingerprint density at radius 1 is 1.40 bits per heavy atom. The Labute approximate surface area is 123 Å². The summed E-state index contributed by atoms with van der Waals surface area (Å²) in [6.45, 7) is 7.39. The summed E-state index contributed by atoms with van der Waals surface area (Å²) in [6.07, 6.45) is 7.39. The monoisotopic (exact) mass is 282 g/mol. The Hall–Kier alpha value is -0.610. The van der Waals surface area contributed by atoms with Gasteiger partial charge in [0.1, 0.15) is 5.54 Å². The van der Waals surface area contributed by atoms with E-state index in [0.717, 1.165) is 18.5 Å². The van der Waals surface area contributed by atoms with Crippen LogP contribution in [0.25, 0.3) is 0 Å². The zero-order valence-corrected chi connectivity index (χ0v) is 13.2. The molecule has 116 valence electrons. The number of esters is 1. The van der Waals surface area contributed by atoms with Crippen molar-refractivity contribution in [3.05, 3.63) is 0 Å². The fourth-order valence-corrected chi connectivity index (χ4v) is 4.15. The van der Waals surface area contributed by atoms with Gasteiger partial charge in [0.2, 0.25) is 0 Å². The molecule has 1 saturated heterocycles. The molecule has 0 aromatic rings. The predicted molar refractivity (Wildman–Crippen MR) is 80.4 cm³/mol. The van der Waals surface area contributed by atoms with Crippen molar-refractivity contribution in [1.29, 1.82) is 0 Å². The van der Waals surface area contributed by atoms with Gasteiger partial charge < -0.3 is 10.5 Å². The lowest BCUT2D eigenvalue weighted by Crippen LogP contribution is -2.54. The zero-order chi connectivity index (χ0) is 14.8. The van der Waals surface area contributed by atoms with Crippen LogP contribution < -0.4 is 5.73 Å². The Morgan fingerprint density at radius 2 is 2.10 bits per heavy atom. The van der Waals surface area contributed by atoms with Crippen LogP contribution in [0.1, 0.15) is 59.3 Å². The number of nitrogens with two attached hydrogens (primary N) is 1. The molecule has 1 heterocycles. The fourth-order valence-electron chi connectivity index (χ4n) is 4.15. The second kappa shape index (κ2) is 6.44. The molecule has 0 amide bonds. The topological polar surface area (TPSA) is 55.6 Å². The van der Waals surface area contributed by atoms with Gasteiger partial charge >= 0.3 is 5.97 Å². The molecule has 2 rings (SSSR count). The highest BCUT2D eigenvalue weighted by Crippen LogP contribution is 2.38. The number of nitrogens with zero attached hydrogens (tertiary/aromatic N) is 1. The third-order valence-corrected chi connectivity index (χ3v) is 5.06. The van der Waals surface area contributed by atoms with Gasteiger partial charge in [0.05, 0.1) is 6.61 Å². The molecule has 0 aromatic carbocycles. The average molecular weight is 282 g/mol. The van der Waals surface area contributed by atoms with Crippen LogP contribution in [0.15, 0.2) is 0 Å². The molecule has 1 aliphatic carbocycles. The van der Waals surface area contributed by atoms with Crippen molar-refractivity contribution in [2.45, 2.75) is 76.9 Å². The van der Waals surface area contributed by atoms with Gasteiger partial charge in [0.15, 0.2) is 0 Å². The van der Waals surface area contributed by atoms with Crippen LogP contribution in [0.3, 0.4) is 0 Å². The Bertz CT molecular complexity index is 343. The summed E-state index contributed by atoms with van der Waals surface area (Å²) >= 11 is 0. The molecule has 2 fully saturated rings. The van der Waals surface area contributed by atoms with Gasteiger partial charge in [-0.15, -0.1) is 0 Å². The van der Waals surface area contributed by atoms with Gasteiger partial charge in [-0.05, 0) is 65.3 Å². The van der Waals surface area contributed by atoms with Crippen LogP contribution in [0, 0.1) is 5.92 Å². The highest BCUT2D eigenvalue weighted by atomic mass is 16.5. The molecule has 0 aromatic heterocycles. The SMILES string of the molecule is CCOC(=O)C(C)(N)CC(C)N1CCCC2CCCC21. The summed E-state index contributed by atoms with van der Waals surface area (Å²) < 4.78 is 5.10. The van der Waals surface area contributed by atoms with Crippen LogP contribution >= 0.6 is 0 Å². The van der Waals surface area contributed by atoms with Crippen LogP contribution in [0.5, 0.6) is 0 Å². The molecule has 0 bridgehead atoms. The van der Waals surface area contributed by atoms with E-state index in [1.165, 1.54) is 32.1 Å². The highest BCUT2D eigenvalue weighted by molar-refractivity contribution is 5.80. The largest absolute Gasteiger partial charge is 0.465 e. The summed E-state index contributed by atoms with van der Waals surface area (Å²) in [5.74, 6) is 0.602. The molecular weight excluding hydrogens is 252 g/mol. The van der Waals surface area contributed by atoms with Crippen LogP contribution in [0.4, 0.5) is 0 Å². The molecule has 1 aliphatic heterocycles. The number of likely N-dealkylation sites (tertiary alicyclic amines) is 1. The van der Waals surface area contributed by atoms with Gasteiger partial charge in [0, 0.05) is 12.1 Å². The first-order valence-electron chi connectivity index (χ1n) is 8.17. The number of hydrogen-bond donors (Lipinski definition) is 1. The number of piperidine rings is 1. The first-order valence-corrected chi connectivity index (χ1v) is 8.17. The molecule has 4 unspecified atom stereocenters. The second-order valence-corrected chi connectivity index (χ2v) is 6.83. The minimum absolute atomic E-state index is 0.271. The van der Waals surface area contributed by atoms with E-state index in [1.54, 1.807) is 6.92 Å². The molecule has 2 aliphatic rings. The summed E-state index contributed by atoms with van der Waals surface area (Å²) in [4.78, 5) is 14.5. The van der Waals surface area contributed by atoms with E-state index in [-0.39, 0.29) is 5.97 Å². The minimum atomic E-state index is -0.874. The predicted octanol–water partition coefficient (Wildman–Crippen LogP) is 2.31. The maximum absolute atomic E-state index is 11.9. The Balaban J connectivity index is 1.96. The smallest absolute Gasteiger partial charge is 0.325 e. The Kier molecular flexibility index (Phi) is 5.08. The number of hydrogen-bond acceptors (Lipinski definition) is 4. The van der Waals surface area contributed by atoms with E-state index in [0.29, 0.717) is 19.1 Å². The van der Waals surface area contributed by atoms with Gasteiger partial charge in [-0.3, -0.25) is 9.69 Å². The van der Waals surface area contributed by atoms with Gasteiger partial charge in [0.25, 0.3) is 0 Å². The van der Waals surface area contributed by atoms with Crippen LogP contribution in [0.2, 0.25) is 0 Å². The van der Waals surface area contributed by atoms with Crippen molar-refractivity contribution in [3.63, 3.8) is 0 Å². The first-order chi connectivity index (χ1) is 9.45. The molecule has 4 heteroatoms. The lowest BCUT2D eigenvalue weighted by Gasteiger charge is -2.43. The third-order valence-electron chi connectivity index (χ3n) is 5.06. The lowest BCUT2D eigenvalue weighted by atomic mass is 9.87. The van der Waals surface area contributed by atoms with Crippen molar-refractivity contribution in [2.24, 2.45) is 11.7 Å². The standard InChI is InChI=1S/C16H30N2O2/c1-4-20-15(19)16(3,17)11-12(2)18-10-6-8-13-7-5-9-14(13)18/h12-14H,4-11,17H2,1-3H3. The highest BCUT2D eigenvalue weighted by Gasteiger charge is 2.40. The molecule has 4 nitrogen and oxygen atoms in total. The number of ether oxygens (including phenoxy) is 1. The molecule has 20 heavy (non-hydrogen) atoms. The van der Waals surface area contributed by atoms with Crippen molar-refractivity contribution in [3.8, 4) is 0 Å². The van der Waals surface area contributed by atoms with Crippen molar-refractivity contribution in [2.75, 3.05) is 13.2 Å². The first kappa shape index (κ1) is 15.8. The second-order valence-electron chi connectivity index (χ2n) is 6.83. The molecular formula is C16H30N2O2. The molecule has 0 spiro atoms. The van der Waals surface area contributed by atoms with E-state index in [1.807, 2.05) is 6.92 Å². The van der Waals surface area contributed by atoms with Gasteiger partial charge in [-0.2, -0.15) is 0 Å². The maximum atomic E-state index is 11.9. The number of fused-ring (bicyclic) bond motifs is 1. The Morgan fingerprint density at radius 3 is 2.80 bits per heavy atom. The third kappa shape index (κ3) is 3.34. The molecule has 1 saturated carbocycles. The summed E-state index contributed by atoms with van der Waals surface area (Å²) in [7, 11) is 0. The van der Waals surface area contributed by atoms with Gasteiger partial charge in [-0.1, -0.05) is 6.42 Å². The number of carbonyl (C=O) groups is 1. The lowest BCUT2D eigenvalue weighted by molar-refractivity contribution is -0.150. The number of carbonyl (C=O) groups excluding carboxylic acids is 1. The molecule has 0 radical (unpaired) electrons. The molecule has 4 atom stereocenters. The quantitative estimate of drug-likeness (QED) is 0.786. The van der Waals surface area contributed by atoms with Gasteiger partial charge in [-0.25, -0.2) is 0 Å². The summed E-state index contributed by atoms with van der Waals surface area (Å²) in [6, 6.07) is 1.07. The molecule has 2 N–H and O–H groups in total. The van der Waals surface area contributed by atoms with Crippen molar-refractivity contribution < 1.29 is 9.53 Å². The zero-order valence-electron chi connectivity index (χ0n) is 13.2. The van der Waals surface area contributed by atoms with E-state index in [4.69, 9.17) is 10.5 Å². The normalized spacial score (nSPS) is 31.4. The van der Waals surface area contributed by atoms with E-state index >= 15 is 0 Å². The van der Waals surface area contributed by atoms with E-state index in [2.05, 4.69) is 11.8 Å². The van der Waals surface area contributed by atoms with Crippen molar-refractivity contribution >= 4 is 5.97 Å². The van der Waals surface area contributed by atoms with Crippen LogP contribution in [-0.2, 0) is 9.53 Å². The van der Waals surface area contributed by atoms with Crippen molar-refractivity contribution in [1.82, 2.24) is 4.90 Å². The van der Waals surface area contributed by atoms with Crippen LogP contribution in [-0.4, -0.2) is 41.6 Å². The fraction of sp³-hybridized carbons (Fsp3) is 0.938. The minimum Gasteiger partial charge on any atom is -0.465 e. The summed E-state index contributed by atoms with van der Waals surface area (Å²) in [5, 5.41) is 0. The van der Waals surface area contributed by atoms with E-state index < -0.39 is 5.54 Å². The maximum Gasteiger partial charge on any atom is 0.325 e. The summed E-state index contributed by atoms with van der Waals surface area (Å²) in [5.41, 5.74) is 5.32. The average Bonchev–Trinajstić information content (AvgIpc) is 2.86. The van der Waals surface area contributed by atoms with E-state index in [9.17, 15) is 4.79 Å². The number of rotatable bonds is 5.